The lowest BCUT2D eigenvalue weighted by atomic mass is 10.0. The highest BCUT2D eigenvalue weighted by molar-refractivity contribution is 5.88. The van der Waals surface area contributed by atoms with E-state index in [4.69, 9.17) is 0 Å². The molecule has 1 aromatic heterocycles. The first-order valence-electron chi connectivity index (χ1n) is 7.25. The van der Waals surface area contributed by atoms with Crippen molar-refractivity contribution in [1.82, 2.24) is 4.57 Å². The highest BCUT2D eigenvalue weighted by Gasteiger charge is 2.30. The van der Waals surface area contributed by atoms with Crippen LogP contribution in [-0.2, 0) is 6.42 Å². The molecule has 3 rings (SSSR count). The van der Waals surface area contributed by atoms with Crippen LogP contribution in [0.1, 0.15) is 48.3 Å². The zero-order chi connectivity index (χ0) is 14.1. The number of aryl methyl sites for hydroxylation is 1. The molecule has 0 amide bonds. The largest absolute Gasteiger partial charge is 0.477 e. The van der Waals surface area contributed by atoms with E-state index in [1.165, 1.54) is 11.1 Å². The van der Waals surface area contributed by atoms with E-state index in [-0.39, 0.29) is 0 Å². The fourth-order valence-electron chi connectivity index (χ4n) is 2.83. The molecule has 104 valence electrons. The van der Waals surface area contributed by atoms with Crippen molar-refractivity contribution in [3.05, 3.63) is 47.7 Å². The first-order valence-corrected chi connectivity index (χ1v) is 7.25. The van der Waals surface area contributed by atoms with Gasteiger partial charge in [-0.2, -0.15) is 0 Å². The summed E-state index contributed by atoms with van der Waals surface area (Å²) in [6.07, 6.45) is 4.27. The maximum atomic E-state index is 11.4. The molecule has 0 saturated heterocycles. The van der Waals surface area contributed by atoms with Crippen molar-refractivity contribution in [2.75, 3.05) is 0 Å². The van der Waals surface area contributed by atoms with E-state index in [0.29, 0.717) is 11.7 Å². The zero-order valence-electron chi connectivity index (χ0n) is 11.7. The van der Waals surface area contributed by atoms with Crippen LogP contribution in [0, 0.1) is 0 Å². The van der Waals surface area contributed by atoms with Crippen molar-refractivity contribution in [1.29, 1.82) is 0 Å². The molecule has 0 spiro atoms. The maximum Gasteiger partial charge on any atom is 0.352 e. The monoisotopic (exact) mass is 269 g/mol. The van der Waals surface area contributed by atoms with Crippen molar-refractivity contribution in [2.24, 2.45) is 0 Å². The normalized spacial score (nSPS) is 14.4. The minimum Gasteiger partial charge on any atom is -0.477 e. The summed E-state index contributed by atoms with van der Waals surface area (Å²) in [6.45, 7) is 2.17. The minimum absolute atomic E-state index is 0.362. The number of carboxylic acid groups (broad SMARTS) is 1. The number of aromatic carboxylic acids is 1. The molecule has 1 heterocycles. The minimum atomic E-state index is -0.837. The zero-order valence-corrected chi connectivity index (χ0v) is 11.7. The molecule has 1 fully saturated rings. The molecule has 0 radical (unpaired) electrons. The van der Waals surface area contributed by atoms with E-state index in [1.807, 2.05) is 16.7 Å². The fourth-order valence-corrected chi connectivity index (χ4v) is 2.83. The highest BCUT2D eigenvalue weighted by Crippen LogP contribution is 2.41. The molecule has 0 atom stereocenters. The first-order chi connectivity index (χ1) is 9.72. The van der Waals surface area contributed by atoms with Crippen LogP contribution in [0.5, 0.6) is 0 Å². The number of rotatable bonds is 5. The Hall–Kier alpha value is -2.03. The predicted octanol–water partition coefficient (Wildman–Crippen LogP) is 4.14. The summed E-state index contributed by atoms with van der Waals surface area (Å²) >= 11 is 0. The van der Waals surface area contributed by atoms with Crippen LogP contribution in [0.15, 0.2) is 36.4 Å². The number of nitrogens with zero attached hydrogens (tertiary/aromatic N) is 1. The molecule has 2 aromatic rings. The summed E-state index contributed by atoms with van der Waals surface area (Å²) in [5.74, 6) is -0.837. The van der Waals surface area contributed by atoms with Crippen LogP contribution < -0.4 is 0 Å². The second-order valence-corrected chi connectivity index (χ2v) is 5.42. The third-order valence-electron chi connectivity index (χ3n) is 3.86. The summed E-state index contributed by atoms with van der Waals surface area (Å²) in [5, 5.41) is 9.35. The second-order valence-electron chi connectivity index (χ2n) is 5.42. The quantitative estimate of drug-likeness (QED) is 0.886. The van der Waals surface area contributed by atoms with E-state index in [0.717, 1.165) is 31.4 Å². The second kappa shape index (κ2) is 5.16. The predicted molar refractivity (Wildman–Crippen MR) is 79.1 cm³/mol. The Morgan fingerprint density at radius 2 is 2.00 bits per heavy atom. The van der Waals surface area contributed by atoms with Gasteiger partial charge in [-0.3, -0.25) is 0 Å². The van der Waals surface area contributed by atoms with Gasteiger partial charge in [0.25, 0.3) is 0 Å². The Kier molecular flexibility index (Phi) is 3.35. The number of aromatic nitrogens is 1. The van der Waals surface area contributed by atoms with Gasteiger partial charge in [-0.25, -0.2) is 4.79 Å². The summed E-state index contributed by atoms with van der Waals surface area (Å²) < 4.78 is 2.01. The van der Waals surface area contributed by atoms with Crippen LogP contribution >= 0.6 is 0 Å². The van der Waals surface area contributed by atoms with Gasteiger partial charge in [0.1, 0.15) is 5.69 Å². The average molecular weight is 269 g/mol. The molecule has 0 unspecified atom stereocenters. The first kappa shape index (κ1) is 13.0. The van der Waals surface area contributed by atoms with Crippen molar-refractivity contribution >= 4 is 5.97 Å². The lowest BCUT2D eigenvalue weighted by Gasteiger charge is -2.14. The van der Waals surface area contributed by atoms with Gasteiger partial charge in [0.15, 0.2) is 0 Å². The molecule has 3 heteroatoms. The summed E-state index contributed by atoms with van der Waals surface area (Å²) in [7, 11) is 0. The maximum absolute atomic E-state index is 11.4. The topological polar surface area (TPSA) is 42.2 Å². The van der Waals surface area contributed by atoms with Crippen molar-refractivity contribution < 1.29 is 9.90 Å². The molecule has 1 saturated carbocycles. The average Bonchev–Trinajstić information content (AvgIpc) is 3.18. The van der Waals surface area contributed by atoms with Gasteiger partial charge in [0.2, 0.25) is 0 Å². The van der Waals surface area contributed by atoms with Gasteiger partial charge in [0.05, 0.1) is 0 Å². The number of benzene rings is 1. The number of hydrogen-bond donors (Lipinski definition) is 1. The SMILES string of the molecule is CCCc1ccccc1-c1ccc(C(=O)O)n1C1CC1. The standard InChI is InChI=1S/C17H19NO2/c1-2-5-12-6-3-4-7-14(12)15-10-11-16(17(19)20)18(15)13-8-9-13/h3-4,6-7,10-11,13H,2,5,8-9H2,1H3,(H,19,20). The Bertz CT molecular complexity index is 638. The summed E-state index contributed by atoms with van der Waals surface area (Å²) in [4.78, 5) is 11.4. The summed E-state index contributed by atoms with van der Waals surface area (Å²) in [6, 6.07) is 12.4. The highest BCUT2D eigenvalue weighted by atomic mass is 16.4. The molecule has 1 N–H and O–H groups in total. The molecular weight excluding hydrogens is 250 g/mol. The van der Waals surface area contributed by atoms with Crippen LogP contribution in [0.3, 0.4) is 0 Å². The van der Waals surface area contributed by atoms with E-state index >= 15 is 0 Å². The Balaban J connectivity index is 2.13. The number of carboxylic acids is 1. The fraction of sp³-hybridized carbons (Fsp3) is 0.353. The van der Waals surface area contributed by atoms with Gasteiger partial charge >= 0.3 is 5.97 Å². The van der Waals surface area contributed by atoms with E-state index in [1.54, 1.807) is 6.07 Å². The molecule has 3 nitrogen and oxygen atoms in total. The molecule has 1 aliphatic carbocycles. The van der Waals surface area contributed by atoms with Crippen molar-refractivity contribution in [2.45, 2.75) is 38.6 Å². The van der Waals surface area contributed by atoms with E-state index in [2.05, 4.69) is 25.1 Å². The lowest BCUT2D eigenvalue weighted by molar-refractivity contribution is 0.0685. The van der Waals surface area contributed by atoms with Crippen LogP contribution in [0.2, 0.25) is 0 Å². The van der Waals surface area contributed by atoms with Crippen LogP contribution in [0.4, 0.5) is 0 Å². The number of carbonyl (C=O) groups is 1. The van der Waals surface area contributed by atoms with E-state index in [9.17, 15) is 9.90 Å². The smallest absolute Gasteiger partial charge is 0.352 e. The van der Waals surface area contributed by atoms with Crippen molar-refractivity contribution in [3.63, 3.8) is 0 Å². The molecule has 1 aromatic carbocycles. The van der Waals surface area contributed by atoms with Gasteiger partial charge in [0, 0.05) is 17.3 Å². The molecule has 1 aliphatic rings. The Morgan fingerprint density at radius 1 is 1.25 bits per heavy atom. The van der Waals surface area contributed by atoms with Gasteiger partial charge in [-0.15, -0.1) is 0 Å². The Morgan fingerprint density at radius 3 is 2.65 bits per heavy atom. The third-order valence-corrected chi connectivity index (χ3v) is 3.86. The molecule has 20 heavy (non-hydrogen) atoms. The van der Waals surface area contributed by atoms with Gasteiger partial charge < -0.3 is 9.67 Å². The van der Waals surface area contributed by atoms with Gasteiger partial charge in [-0.05, 0) is 37.0 Å². The van der Waals surface area contributed by atoms with Crippen LogP contribution in [-0.4, -0.2) is 15.6 Å². The lowest BCUT2D eigenvalue weighted by Crippen LogP contribution is -2.08. The molecule has 0 aliphatic heterocycles. The van der Waals surface area contributed by atoms with Crippen molar-refractivity contribution in [3.8, 4) is 11.3 Å². The summed E-state index contributed by atoms with van der Waals surface area (Å²) in [5.41, 5.74) is 3.93. The Labute approximate surface area is 118 Å². The molecular formula is C17H19NO2. The molecule has 0 bridgehead atoms. The number of hydrogen-bond acceptors (Lipinski definition) is 1. The van der Waals surface area contributed by atoms with Gasteiger partial charge in [-0.1, -0.05) is 37.6 Å². The third kappa shape index (κ3) is 2.24. The van der Waals surface area contributed by atoms with Crippen LogP contribution in [0.25, 0.3) is 11.3 Å². The van der Waals surface area contributed by atoms with E-state index < -0.39 is 5.97 Å².